The third-order valence-electron chi connectivity index (χ3n) is 2.56. The Balaban J connectivity index is 2.03. The number of unbranched alkanes of at least 4 members (excludes halogenated alkanes) is 3. The predicted molar refractivity (Wildman–Crippen MR) is 65.8 cm³/mol. The van der Waals surface area contributed by atoms with Gasteiger partial charge in [0, 0.05) is 6.42 Å². The van der Waals surface area contributed by atoms with Crippen LogP contribution in [-0.2, 0) is 4.74 Å². The average molecular weight is 256 g/mol. The number of rotatable bonds is 8. The van der Waals surface area contributed by atoms with Crippen LogP contribution in [0, 0.1) is 0 Å². The molecule has 0 aromatic heterocycles. The maximum absolute atomic E-state index is 11.8. The van der Waals surface area contributed by atoms with E-state index in [1.165, 1.54) is 0 Å². The molecule has 0 atom stereocenters. The third-order valence-corrected chi connectivity index (χ3v) is 2.56. The molecule has 0 amide bonds. The normalized spacial score (nSPS) is 10.6. The van der Waals surface area contributed by atoms with Crippen LogP contribution < -0.4 is 0 Å². The minimum Gasteiger partial charge on any atom is -0.462 e. The number of ether oxygens (including phenoxy) is 1. The first-order valence-corrected chi connectivity index (χ1v) is 6.20. The molecule has 0 aliphatic rings. The van der Waals surface area contributed by atoms with E-state index in [9.17, 15) is 13.6 Å². The molecule has 0 heterocycles. The summed E-state index contributed by atoms with van der Waals surface area (Å²) in [6.07, 6.45) is 0.582. The zero-order valence-electron chi connectivity index (χ0n) is 10.3. The average Bonchev–Trinajstić information content (AvgIpc) is 2.38. The van der Waals surface area contributed by atoms with Crippen LogP contribution in [-0.4, -0.2) is 19.0 Å². The fourth-order valence-corrected chi connectivity index (χ4v) is 1.58. The first-order valence-electron chi connectivity index (χ1n) is 6.20. The second kappa shape index (κ2) is 8.61. The van der Waals surface area contributed by atoms with E-state index in [-0.39, 0.29) is 12.4 Å². The summed E-state index contributed by atoms with van der Waals surface area (Å²) in [6.45, 7) is 0.350. The van der Waals surface area contributed by atoms with Crippen LogP contribution in [0.2, 0.25) is 0 Å². The Hall–Kier alpha value is -1.45. The third kappa shape index (κ3) is 6.33. The molecule has 1 aromatic carbocycles. The van der Waals surface area contributed by atoms with E-state index in [2.05, 4.69) is 0 Å². The molecular weight excluding hydrogens is 238 g/mol. The molecule has 2 nitrogen and oxygen atoms in total. The zero-order valence-corrected chi connectivity index (χ0v) is 10.3. The molecular formula is C14H18F2O2. The number of halogens is 2. The molecule has 0 N–H and O–H groups in total. The molecule has 0 unspecified atom stereocenters. The quantitative estimate of drug-likeness (QED) is 0.518. The highest BCUT2D eigenvalue weighted by Gasteiger charge is 2.05. The number of benzene rings is 1. The molecule has 0 aliphatic heterocycles. The standard InChI is InChI=1S/C14H18F2O2/c15-13(16)10-6-1-2-7-11-18-14(17)12-8-4-3-5-9-12/h3-5,8-9,13H,1-2,6-7,10-11H2. The van der Waals surface area contributed by atoms with E-state index >= 15 is 0 Å². The van der Waals surface area contributed by atoms with Crippen molar-refractivity contribution in [1.29, 1.82) is 0 Å². The molecule has 0 aliphatic carbocycles. The van der Waals surface area contributed by atoms with E-state index in [4.69, 9.17) is 4.74 Å². The molecule has 0 radical (unpaired) electrons. The van der Waals surface area contributed by atoms with Gasteiger partial charge in [0.05, 0.1) is 12.2 Å². The lowest BCUT2D eigenvalue weighted by Gasteiger charge is -2.04. The van der Waals surface area contributed by atoms with Crippen LogP contribution in [0.4, 0.5) is 8.78 Å². The first-order chi connectivity index (χ1) is 8.70. The fourth-order valence-electron chi connectivity index (χ4n) is 1.58. The summed E-state index contributed by atoms with van der Waals surface area (Å²) in [5.74, 6) is -0.330. The molecule has 100 valence electrons. The Labute approximate surface area is 106 Å². The maximum atomic E-state index is 11.8. The number of carbonyl (C=O) groups is 1. The number of hydrogen-bond acceptors (Lipinski definition) is 2. The summed E-state index contributed by atoms with van der Waals surface area (Å²) in [5, 5.41) is 0. The van der Waals surface area contributed by atoms with Crippen molar-refractivity contribution in [1.82, 2.24) is 0 Å². The van der Waals surface area contributed by atoms with Gasteiger partial charge in [-0.05, 0) is 25.0 Å². The van der Waals surface area contributed by atoms with Crippen molar-refractivity contribution in [2.45, 2.75) is 38.5 Å². The van der Waals surface area contributed by atoms with Gasteiger partial charge in [-0.25, -0.2) is 13.6 Å². The number of alkyl halides is 2. The largest absolute Gasteiger partial charge is 0.462 e. The molecule has 0 saturated heterocycles. The molecule has 0 saturated carbocycles. The minimum atomic E-state index is -2.21. The summed E-state index contributed by atoms with van der Waals surface area (Å²) < 4.78 is 28.7. The lowest BCUT2D eigenvalue weighted by atomic mass is 10.1. The van der Waals surface area contributed by atoms with Gasteiger partial charge < -0.3 is 4.74 Å². The Morgan fingerprint density at radius 1 is 1.06 bits per heavy atom. The van der Waals surface area contributed by atoms with E-state index < -0.39 is 6.43 Å². The minimum absolute atomic E-state index is 0.0379. The van der Waals surface area contributed by atoms with Gasteiger partial charge in [0.2, 0.25) is 6.43 Å². The summed E-state index contributed by atoms with van der Waals surface area (Å²) in [4.78, 5) is 11.5. The molecule has 4 heteroatoms. The van der Waals surface area contributed by atoms with Gasteiger partial charge >= 0.3 is 5.97 Å². The highest BCUT2D eigenvalue weighted by atomic mass is 19.3. The van der Waals surface area contributed by atoms with Crippen molar-refractivity contribution < 1.29 is 18.3 Å². The molecule has 1 aromatic rings. The van der Waals surface area contributed by atoms with E-state index in [0.29, 0.717) is 18.6 Å². The van der Waals surface area contributed by atoms with Gasteiger partial charge in [-0.3, -0.25) is 0 Å². The fraction of sp³-hybridized carbons (Fsp3) is 0.500. The van der Waals surface area contributed by atoms with Crippen LogP contribution in [0.25, 0.3) is 0 Å². The summed E-state index contributed by atoms with van der Waals surface area (Å²) >= 11 is 0. The summed E-state index contributed by atoms with van der Waals surface area (Å²) in [6, 6.07) is 8.79. The molecule has 0 bridgehead atoms. The van der Waals surface area contributed by atoms with E-state index in [0.717, 1.165) is 19.3 Å². The van der Waals surface area contributed by atoms with Gasteiger partial charge in [0.15, 0.2) is 0 Å². The molecule has 0 fully saturated rings. The van der Waals surface area contributed by atoms with Gasteiger partial charge in [0.25, 0.3) is 0 Å². The van der Waals surface area contributed by atoms with Crippen molar-refractivity contribution in [3.05, 3.63) is 35.9 Å². The lowest BCUT2D eigenvalue weighted by Crippen LogP contribution is -2.06. The summed E-state index contributed by atoms with van der Waals surface area (Å²) in [7, 11) is 0. The Bertz CT molecular complexity index is 339. The number of carbonyl (C=O) groups excluding carboxylic acids is 1. The van der Waals surface area contributed by atoms with Crippen molar-refractivity contribution in [2.24, 2.45) is 0 Å². The lowest BCUT2D eigenvalue weighted by molar-refractivity contribution is 0.0497. The predicted octanol–water partition coefficient (Wildman–Crippen LogP) is 4.06. The summed E-state index contributed by atoms with van der Waals surface area (Å²) in [5.41, 5.74) is 0.537. The van der Waals surface area contributed by atoms with Crippen LogP contribution in [0.3, 0.4) is 0 Å². The topological polar surface area (TPSA) is 26.3 Å². The second-order valence-electron chi connectivity index (χ2n) is 4.10. The molecule has 1 rings (SSSR count). The van der Waals surface area contributed by atoms with Gasteiger partial charge in [-0.15, -0.1) is 0 Å². The first kappa shape index (κ1) is 14.6. The molecule has 0 spiro atoms. The van der Waals surface area contributed by atoms with Gasteiger partial charge in [-0.2, -0.15) is 0 Å². The Morgan fingerprint density at radius 2 is 1.72 bits per heavy atom. The zero-order chi connectivity index (χ0) is 13.2. The van der Waals surface area contributed by atoms with Crippen LogP contribution in [0.1, 0.15) is 42.5 Å². The van der Waals surface area contributed by atoms with Crippen LogP contribution >= 0.6 is 0 Å². The van der Waals surface area contributed by atoms with Crippen LogP contribution in [0.5, 0.6) is 0 Å². The Morgan fingerprint density at radius 3 is 2.39 bits per heavy atom. The SMILES string of the molecule is O=C(OCCCCCCC(F)F)c1ccccc1. The van der Waals surface area contributed by atoms with Gasteiger partial charge in [0.1, 0.15) is 0 Å². The highest BCUT2D eigenvalue weighted by Crippen LogP contribution is 2.09. The van der Waals surface area contributed by atoms with Crippen molar-refractivity contribution in [3.63, 3.8) is 0 Å². The Kier molecular flexibility index (Phi) is 6.99. The van der Waals surface area contributed by atoms with Crippen LogP contribution in [0.15, 0.2) is 30.3 Å². The van der Waals surface area contributed by atoms with E-state index in [1.807, 2.05) is 6.07 Å². The smallest absolute Gasteiger partial charge is 0.338 e. The second-order valence-corrected chi connectivity index (χ2v) is 4.10. The highest BCUT2D eigenvalue weighted by molar-refractivity contribution is 5.89. The van der Waals surface area contributed by atoms with E-state index in [1.54, 1.807) is 24.3 Å². The van der Waals surface area contributed by atoms with Crippen molar-refractivity contribution in [3.8, 4) is 0 Å². The number of esters is 1. The number of hydrogen-bond donors (Lipinski definition) is 0. The van der Waals surface area contributed by atoms with Crippen molar-refractivity contribution >= 4 is 5.97 Å². The maximum Gasteiger partial charge on any atom is 0.338 e. The van der Waals surface area contributed by atoms with Crippen molar-refractivity contribution in [2.75, 3.05) is 6.61 Å². The monoisotopic (exact) mass is 256 g/mol. The molecule has 18 heavy (non-hydrogen) atoms. The van der Waals surface area contributed by atoms with Gasteiger partial charge in [-0.1, -0.05) is 31.0 Å².